The second kappa shape index (κ2) is 61.6. The van der Waals surface area contributed by atoms with E-state index >= 15 is 0 Å². The van der Waals surface area contributed by atoms with Crippen LogP contribution in [-0.4, -0.2) is 47.4 Å². The Morgan fingerprint density at radius 1 is 0.389 bits per heavy atom. The number of unbranched alkanes of at least 4 members (excludes halogenated alkanes) is 45. The fourth-order valence-electron chi connectivity index (χ4n) is 9.97. The topological polar surface area (TPSA) is 95.9 Å². The van der Waals surface area contributed by atoms with E-state index in [-0.39, 0.29) is 18.5 Å². The largest absolute Gasteiger partial charge is 0.466 e. The van der Waals surface area contributed by atoms with Crippen LogP contribution in [0.15, 0.2) is 36.5 Å². The van der Waals surface area contributed by atoms with Crippen LogP contribution in [-0.2, 0) is 14.3 Å². The Bertz CT molecular complexity index is 1170. The summed E-state index contributed by atoms with van der Waals surface area (Å²) < 4.78 is 5.47. The monoisotopic (exact) mass is 1010 g/mol. The Hall–Kier alpha value is -1.92. The molecular weight excluding hydrogens is 887 g/mol. The van der Waals surface area contributed by atoms with Gasteiger partial charge in [-0.15, -0.1) is 0 Å². The minimum atomic E-state index is -0.847. The second-order valence-electron chi connectivity index (χ2n) is 22.1. The second-order valence-corrected chi connectivity index (χ2v) is 22.1. The highest BCUT2D eigenvalue weighted by Gasteiger charge is 2.18. The van der Waals surface area contributed by atoms with E-state index in [0.717, 1.165) is 51.4 Å². The van der Waals surface area contributed by atoms with Gasteiger partial charge in [-0.2, -0.15) is 0 Å². The smallest absolute Gasteiger partial charge is 0.305 e. The van der Waals surface area contributed by atoms with E-state index in [9.17, 15) is 19.8 Å². The molecule has 6 nitrogen and oxygen atoms in total. The van der Waals surface area contributed by atoms with Crippen molar-refractivity contribution >= 4 is 11.9 Å². The maximum Gasteiger partial charge on any atom is 0.305 e. The third-order valence-corrected chi connectivity index (χ3v) is 14.9. The van der Waals surface area contributed by atoms with Gasteiger partial charge in [0.25, 0.3) is 0 Å². The number of hydrogen-bond donors (Lipinski definition) is 3. The van der Waals surface area contributed by atoms with Crippen LogP contribution >= 0.6 is 0 Å². The number of aliphatic hydroxyl groups excluding tert-OH is 2. The lowest BCUT2D eigenvalue weighted by molar-refractivity contribution is -0.143. The number of nitrogens with one attached hydrogen (secondary N) is 1. The van der Waals surface area contributed by atoms with Crippen LogP contribution in [0.5, 0.6) is 0 Å². The molecule has 0 saturated carbocycles. The van der Waals surface area contributed by atoms with Gasteiger partial charge in [0.2, 0.25) is 5.91 Å². The first-order valence-corrected chi connectivity index (χ1v) is 32.3. The lowest BCUT2D eigenvalue weighted by atomic mass is 10.0. The van der Waals surface area contributed by atoms with Crippen LogP contribution in [0, 0.1) is 0 Å². The number of carbonyl (C=O) groups excluding carboxylic acids is 2. The highest BCUT2D eigenvalue weighted by atomic mass is 16.5. The van der Waals surface area contributed by atoms with Crippen molar-refractivity contribution in [3.8, 4) is 0 Å². The van der Waals surface area contributed by atoms with Gasteiger partial charge in [-0.1, -0.05) is 314 Å². The summed E-state index contributed by atoms with van der Waals surface area (Å²) in [5.74, 6) is -0.0700. The average Bonchev–Trinajstić information content (AvgIpc) is 3.38. The summed E-state index contributed by atoms with van der Waals surface area (Å²) in [5.41, 5.74) is 0. The van der Waals surface area contributed by atoms with Crippen molar-refractivity contribution in [2.75, 3.05) is 13.2 Å². The molecule has 72 heavy (non-hydrogen) atoms. The van der Waals surface area contributed by atoms with Crippen molar-refractivity contribution in [1.29, 1.82) is 0 Å². The minimum Gasteiger partial charge on any atom is -0.466 e. The Balaban J connectivity index is 3.43. The van der Waals surface area contributed by atoms with E-state index in [0.29, 0.717) is 19.4 Å². The third kappa shape index (κ3) is 57.4. The molecule has 0 bridgehead atoms. The lowest BCUT2D eigenvalue weighted by Gasteiger charge is -2.20. The van der Waals surface area contributed by atoms with E-state index < -0.39 is 12.1 Å². The van der Waals surface area contributed by atoms with Gasteiger partial charge in [0.05, 0.1) is 25.4 Å². The minimum absolute atomic E-state index is 0.00373. The van der Waals surface area contributed by atoms with Crippen LogP contribution in [0.4, 0.5) is 0 Å². The van der Waals surface area contributed by atoms with Crippen LogP contribution in [0.3, 0.4) is 0 Å². The molecule has 0 aliphatic heterocycles. The maximum absolute atomic E-state index is 12.5. The maximum atomic E-state index is 12.5. The van der Waals surface area contributed by atoms with Gasteiger partial charge in [0, 0.05) is 12.8 Å². The highest BCUT2D eigenvalue weighted by molar-refractivity contribution is 5.76. The van der Waals surface area contributed by atoms with Gasteiger partial charge in [0.15, 0.2) is 0 Å². The molecule has 0 aliphatic rings. The van der Waals surface area contributed by atoms with Crippen molar-refractivity contribution in [2.45, 2.75) is 360 Å². The van der Waals surface area contributed by atoms with Crippen molar-refractivity contribution in [3.05, 3.63) is 36.5 Å². The zero-order chi connectivity index (χ0) is 52.2. The summed E-state index contributed by atoms with van der Waals surface area (Å²) in [4.78, 5) is 24.5. The average molecular weight is 1010 g/mol. The fraction of sp³-hybridized carbons (Fsp3) is 0.879. The quantitative estimate of drug-likeness (QED) is 0.0320. The van der Waals surface area contributed by atoms with Gasteiger partial charge >= 0.3 is 5.97 Å². The zero-order valence-corrected chi connectivity index (χ0v) is 48.4. The van der Waals surface area contributed by atoms with E-state index in [4.69, 9.17) is 4.74 Å². The third-order valence-electron chi connectivity index (χ3n) is 14.9. The van der Waals surface area contributed by atoms with Gasteiger partial charge in [-0.25, -0.2) is 0 Å². The SMILES string of the molecule is CCC/C=C\C/C=C\CCCCCCCC(=O)OCCCCCCCCCCCCCCCCCCCCCCCC(=O)NC(CO)C(O)/C=C/CCCCCCCCCCCCCCCCCCCCC. The molecule has 1 amide bonds. The Morgan fingerprint density at radius 2 is 0.722 bits per heavy atom. The van der Waals surface area contributed by atoms with Crippen molar-refractivity contribution in [1.82, 2.24) is 5.32 Å². The van der Waals surface area contributed by atoms with Crippen LogP contribution in [0.2, 0.25) is 0 Å². The van der Waals surface area contributed by atoms with Crippen molar-refractivity contribution in [3.63, 3.8) is 0 Å². The molecule has 6 heteroatoms. The van der Waals surface area contributed by atoms with Gasteiger partial charge in [-0.3, -0.25) is 9.59 Å². The van der Waals surface area contributed by atoms with E-state index in [1.807, 2.05) is 6.08 Å². The van der Waals surface area contributed by atoms with E-state index in [1.54, 1.807) is 6.08 Å². The molecule has 3 N–H and O–H groups in total. The number of rotatable bonds is 60. The van der Waals surface area contributed by atoms with Crippen molar-refractivity contribution in [2.24, 2.45) is 0 Å². The van der Waals surface area contributed by atoms with Gasteiger partial charge in [0.1, 0.15) is 0 Å². The summed E-state index contributed by atoms with van der Waals surface area (Å²) in [6.45, 7) is 4.86. The fourth-order valence-corrected chi connectivity index (χ4v) is 9.97. The molecule has 0 aromatic carbocycles. The van der Waals surface area contributed by atoms with Gasteiger partial charge < -0.3 is 20.3 Å². The number of ether oxygens (including phenoxy) is 1. The number of aliphatic hydroxyl groups is 2. The summed E-state index contributed by atoms with van der Waals surface area (Å²) in [6, 6.07) is -0.630. The predicted octanol–water partition coefficient (Wildman–Crippen LogP) is 20.4. The standard InChI is InChI=1S/C66H125NO5/c1-3-5-7-9-11-13-15-17-18-19-20-22-25-28-31-35-38-42-46-50-54-58-64(69)63(62-68)67-65(70)59-55-51-47-43-39-36-32-29-26-23-21-24-27-30-33-37-41-45-49-53-57-61-72-66(71)60-56-52-48-44-40-34-16-14-12-10-8-6-4-2/h8,10,14,16,54,58,63-64,68-69H,3-7,9,11-13,15,17-53,55-57,59-62H2,1-2H3,(H,67,70)/b10-8-,16-14-,58-54+. The molecule has 0 heterocycles. The predicted molar refractivity (Wildman–Crippen MR) is 315 cm³/mol. The summed E-state index contributed by atoms with van der Waals surface area (Å²) >= 11 is 0. The molecule has 2 unspecified atom stereocenters. The molecule has 0 saturated heterocycles. The van der Waals surface area contributed by atoms with Crippen LogP contribution in [0.1, 0.15) is 348 Å². The first-order chi connectivity index (χ1) is 35.5. The molecule has 2 atom stereocenters. The number of amides is 1. The first-order valence-electron chi connectivity index (χ1n) is 32.3. The molecule has 0 radical (unpaired) electrons. The van der Waals surface area contributed by atoms with E-state index in [2.05, 4.69) is 43.5 Å². The summed E-state index contributed by atoms with van der Waals surface area (Å²) in [6.07, 6.45) is 77.6. The normalized spacial score (nSPS) is 12.8. The highest BCUT2D eigenvalue weighted by Crippen LogP contribution is 2.18. The number of esters is 1. The Labute approximate surface area is 449 Å². The van der Waals surface area contributed by atoms with Crippen LogP contribution < -0.4 is 5.32 Å². The summed E-state index contributed by atoms with van der Waals surface area (Å²) in [5, 5.41) is 23.2. The number of allylic oxidation sites excluding steroid dienone is 5. The molecule has 0 aromatic rings. The summed E-state index contributed by atoms with van der Waals surface area (Å²) in [7, 11) is 0. The van der Waals surface area contributed by atoms with Crippen molar-refractivity contribution < 1.29 is 24.5 Å². The number of carbonyl (C=O) groups is 2. The zero-order valence-electron chi connectivity index (χ0n) is 48.4. The van der Waals surface area contributed by atoms with Crippen LogP contribution in [0.25, 0.3) is 0 Å². The molecule has 0 spiro atoms. The lowest BCUT2D eigenvalue weighted by Crippen LogP contribution is -2.45. The molecule has 0 fully saturated rings. The first kappa shape index (κ1) is 70.1. The van der Waals surface area contributed by atoms with Gasteiger partial charge in [-0.05, 0) is 57.8 Å². The number of hydrogen-bond acceptors (Lipinski definition) is 5. The molecule has 0 aromatic heterocycles. The molecule has 424 valence electrons. The van der Waals surface area contributed by atoms with E-state index in [1.165, 1.54) is 270 Å². The molecular formula is C66H125NO5. The Kier molecular flexibility index (Phi) is 60.0. The molecule has 0 aliphatic carbocycles. The Morgan fingerprint density at radius 3 is 1.11 bits per heavy atom. The molecule has 0 rings (SSSR count).